The predicted octanol–water partition coefficient (Wildman–Crippen LogP) is 3.05. The second-order valence-corrected chi connectivity index (χ2v) is 4.90. The molecule has 1 aromatic carbocycles. The molecule has 4 nitrogen and oxygen atoms in total. The normalized spacial score (nSPS) is 14.4. The molecule has 0 saturated carbocycles. The highest BCUT2D eigenvalue weighted by Gasteiger charge is 2.16. The summed E-state index contributed by atoms with van der Waals surface area (Å²) in [7, 11) is 0. The molecule has 2 rings (SSSR count). The van der Waals surface area contributed by atoms with Gasteiger partial charge in [-0.1, -0.05) is 20.3 Å². The second-order valence-electron chi connectivity index (χ2n) is 4.90. The first-order valence-corrected chi connectivity index (χ1v) is 6.71. The minimum absolute atomic E-state index is 0.0259. The number of Topliss-reactive ketones (excluding diaryl/α,β-unsaturated/α-hetero) is 1. The third kappa shape index (κ3) is 3.70. The van der Waals surface area contributed by atoms with Gasteiger partial charge in [0.2, 0.25) is 6.79 Å². The van der Waals surface area contributed by atoms with Gasteiger partial charge in [-0.2, -0.15) is 0 Å². The summed E-state index contributed by atoms with van der Waals surface area (Å²) in [6.45, 7) is 5.25. The van der Waals surface area contributed by atoms with E-state index < -0.39 is 0 Å². The van der Waals surface area contributed by atoms with Gasteiger partial charge in [-0.15, -0.1) is 0 Å². The number of hydrogen-bond acceptors (Lipinski definition) is 4. The first kappa shape index (κ1) is 13.9. The van der Waals surface area contributed by atoms with Gasteiger partial charge in [-0.05, 0) is 30.5 Å². The number of carbonyl (C=O) groups excluding carboxylic acids is 1. The lowest BCUT2D eigenvalue weighted by atomic mass is 10.1. The van der Waals surface area contributed by atoms with Crippen molar-refractivity contribution in [1.82, 2.24) is 0 Å². The molecule has 0 bridgehead atoms. The van der Waals surface area contributed by atoms with Crippen LogP contribution in [0.2, 0.25) is 0 Å². The van der Waals surface area contributed by atoms with Crippen LogP contribution in [0, 0.1) is 5.92 Å². The van der Waals surface area contributed by atoms with Crippen molar-refractivity contribution in [3.63, 3.8) is 0 Å². The van der Waals surface area contributed by atoms with Gasteiger partial charge < -0.3 is 14.2 Å². The van der Waals surface area contributed by atoms with Crippen molar-refractivity contribution < 1.29 is 19.0 Å². The molecule has 0 radical (unpaired) electrons. The van der Waals surface area contributed by atoms with Gasteiger partial charge in [0.05, 0.1) is 0 Å². The van der Waals surface area contributed by atoms with Crippen LogP contribution in [0.1, 0.15) is 37.0 Å². The standard InChI is InChI=1S/C15H20O4/c1-3-4-11(2)8-17-9-13(16)12-5-6-14-15(7-12)19-10-18-14/h5-7,11H,3-4,8-10H2,1-2H3. The second kappa shape index (κ2) is 6.57. The van der Waals surface area contributed by atoms with Crippen LogP contribution in [0.25, 0.3) is 0 Å². The molecular weight excluding hydrogens is 244 g/mol. The predicted molar refractivity (Wildman–Crippen MR) is 71.8 cm³/mol. The molecule has 0 aromatic heterocycles. The molecule has 0 aliphatic carbocycles. The van der Waals surface area contributed by atoms with E-state index in [-0.39, 0.29) is 19.2 Å². The van der Waals surface area contributed by atoms with Crippen LogP contribution in [0.4, 0.5) is 0 Å². The van der Waals surface area contributed by atoms with Crippen molar-refractivity contribution >= 4 is 5.78 Å². The summed E-state index contributed by atoms with van der Waals surface area (Å²) in [5, 5.41) is 0. The minimum Gasteiger partial charge on any atom is -0.454 e. The summed E-state index contributed by atoms with van der Waals surface area (Å²) < 4.78 is 15.9. The lowest BCUT2D eigenvalue weighted by Gasteiger charge is -2.10. The van der Waals surface area contributed by atoms with Crippen LogP contribution in [0.5, 0.6) is 11.5 Å². The van der Waals surface area contributed by atoms with Crippen molar-refractivity contribution in [1.29, 1.82) is 0 Å². The Morgan fingerprint density at radius 2 is 2.16 bits per heavy atom. The molecule has 0 amide bonds. The van der Waals surface area contributed by atoms with Crippen molar-refractivity contribution in [2.24, 2.45) is 5.92 Å². The lowest BCUT2D eigenvalue weighted by molar-refractivity contribution is 0.0683. The Hall–Kier alpha value is -1.55. The summed E-state index contributed by atoms with van der Waals surface area (Å²) in [4.78, 5) is 12.0. The van der Waals surface area contributed by atoms with Gasteiger partial charge >= 0.3 is 0 Å². The molecule has 0 N–H and O–H groups in total. The largest absolute Gasteiger partial charge is 0.454 e. The van der Waals surface area contributed by atoms with E-state index >= 15 is 0 Å². The average Bonchev–Trinajstić information content (AvgIpc) is 2.86. The van der Waals surface area contributed by atoms with Gasteiger partial charge in [-0.3, -0.25) is 4.79 Å². The summed E-state index contributed by atoms with van der Waals surface area (Å²) in [6, 6.07) is 5.22. The van der Waals surface area contributed by atoms with E-state index in [2.05, 4.69) is 13.8 Å². The Morgan fingerprint density at radius 1 is 1.37 bits per heavy atom. The number of fused-ring (bicyclic) bond motifs is 1. The summed E-state index contributed by atoms with van der Waals surface area (Å²) in [5.41, 5.74) is 0.604. The minimum atomic E-state index is -0.0259. The molecule has 1 atom stereocenters. The molecule has 0 fully saturated rings. The summed E-state index contributed by atoms with van der Waals surface area (Å²) in [6.07, 6.45) is 2.26. The highest BCUT2D eigenvalue weighted by Crippen LogP contribution is 2.32. The van der Waals surface area contributed by atoms with E-state index in [4.69, 9.17) is 14.2 Å². The monoisotopic (exact) mass is 264 g/mol. The molecule has 4 heteroatoms. The Labute approximate surface area is 113 Å². The SMILES string of the molecule is CCCC(C)COCC(=O)c1ccc2c(c1)OCO2. The molecule has 0 saturated heterocycles. The molecule has 1 unspecified atom stereocenters. The number of ketones is 1. The zero-order chi connectivity index (χ0) is 13.7. The zero-order valence-electron chi connectivity index (χ0n) is 11.5. The van der Waals surface area contributed by atoms with E-state index in [9.17, 15) is 4.79 Å². The maximum Gasteiger partial charge on any atom is 0.231 e. The third-order valence-electron chi connectivity index (χ3n) is 3.11. The van der Waals surface area contributed by atoms with Crippen molar-refractivity contribution in [2.45, 2.75) is 26.7 Å². The third-order valence-corrected chi connectivity index (χ3v) is 3.11. The Morgan fingerprint density at radius 3 is 2.95 bits per heavy atom. The fourth-order valence-electron chi connectivity index (χ4n) is 2.08. The summed E-state index contributed by atoms with van der Waals surface area (Å²) >= 11 is 0. The smallest absolute Gasteiger partial charge is 0.231 e. The van der Waals surface area contributed by atoms with E-state index in [1.54, 1.807) is 18.2 Å². The molecular formula is C15H20O4. The van der Waals surface area contributed by atoms with Gasteiger partial charge in [0, 0.05) is 12.2 Å². The van der Waals surface area contributed by atoms with Crippen LogP contribution in [-0.2, 0) is 4.74 Å². The molecule has 1 aliphatic rings. The summed E-state index contributed by atoms with van der Waals surface area (Å²) in [5.74, 6) is 1.79. The quantitative estimate of drug-likeness (QED) is 0.710. The Balaban J connectivity index is 1.83. The van der Waals surface area contributed by atoms with E-state index in [1.165, 1.54) is 0 Å². The number of ether oxygens (including phenoxy) is 3. The Bertz CT molecular complexity index is 442. The topological polar surface area (TPSA) is 44.8 Å². The molecule has 1 aromatic rings. The van der Waals surface area contributed by atoms with Gasteiger partial charge in [0.1, 0.15) is 6.61 Å². The fourth-order valence-corrected chi connectivity index (χ4v) is 2.08. The first-order valence-electron chi connectivity index (χ1n) is 6.71. The highest BCUT2D eigenvalue weighted by molar-refractivity contribution is 5.97. The average molecular weight is 264 g/mol. The number of hydrogen-bond donors (Lipinski definition) is 0. The van der Waals surface area contributed by atoms with Gasteiger partial charge in [0.15, 0.2) is 17.3 Å². The molecule has 19 heavy (non-hydrogen) atoms. The van der Waals surface area contributed by atoms with Crippen molar-refractivity contribution in [2.75, 3.05) is 20.0 Å². The van der Waals surface area contributed by atoms with Crippen LogP contribution in [0.15, 0.2) is 18.2 Å². The van der Waals surface area contributed by atoms with Crippen molar-refractivity contribution in [3.8, 4) is 11.5 Å². The van der Waals surface area contributed by atoms with E-state index in [0.717, 1.165) is 12.8 Å². The van der Waals surface area contributed by atoms with Gasteiger partial charge in [0.25, 0.3) is 0 Å². The lowest BCUT2D eigenvalue weighted by Crippen LogP contribution is -2.13. The van der Waals surface area contributed by atoms with Crippen LogP contribution >= 0.6 is 0 Å². The maximum atomic E-state index is 12.0. The molecule has 1 heterocycles. The maximum absolute atomic E-state index is 12.0. The number of carbonyl (C=O) groups is 1. The van der Waals surface area contributed by atoms with Crippen LogP contribution in [-0.4, -0.2) is 25.8 Å². The van der Waals surface area contributed by atoms with Crippen LogP contribution in [0.3, 0.4) is 0 Å². The molecule has 0 spiro atoms. The zero-order valence-corrected chi connectivity index (χ0v) is 11.5. The van der Waals surface area contributed by atoms with Crippen LogP contribution < -0.4 is 9.47 Å². The number of rotatable bonds is 7. The Kier molecular flexibility index (Phi) is 4.80. The van der Waals surface area contributed by atoms with Gasteiger partial charge in [-0.25, -0.2) is 0 Å². The fraction of sp³-hybridized carbons (Fsp3) is 0.533. The van der Waals surface area contributed by atoms with Crippen molar-refractivity contribution in [3.05, 3.63) is 23.8 Å². The van der Waals surface area contributed by atoms with E-state index in [0.29, 0.717) is 29.6 Å². The highest BCUT2D eigenvalue weighted by atomic mass is 16.7. The first-order chi connectivity index (χ1) is 9.20. The molecule has 104 valence electrons. The molecule has 1 aliphatic heterocycles. The number of benzene rings is 1. The van der Waals surface area contributed by atoms with E-state index in [1.807, 2.05) is 0 Å².